The van der Waals surface area contributed by atoms with E-state index in [-0.39, 0.29) is 17.8 Å². The van der Waals surface area contributed by atoms with Gasteiger partial charge >= 0.3 is 6.18 Å². The molecule has 0 atom stereocenters. The number of halogens is 3. The molecule has 21 heavy (non-hydrogen) atoms. The number of rotatable bonds is 5. The fourth-order valence-electron chi connectivity index (χ4n) is 2.39. The molecule has 1 aliphatic heterocycles. The average molecular weight is 319 g/mol. The van der Waals surface area contributed by atoms with Gasteiger partial charge in [-0.1, -0.05) is 0 Å². The normalized spacial score (nSPS) is 20.3. The van der Waals surface area contributed by atoms with Gasteiger partial charge in [0.25, 0.3) is 0 Å². The maximum atomic E-state index is 12.9. The van der Waals surface area contributed by atoms with Gasteiger partial charge < -0.3 is 5.32 Å². The number of aromatic nitrogens is 2. The Morgan fingerprint density at radius 3 is 2.38 bits per heavy atom. The van der Waals surface area contributed by atoms with Crippen molar-refractivity contribution >= 4 is 11.3 Å². The Hall–Kier alpha value is -0.950. The Morgan fingerprint density at radius 2 is 1.90 bits per heavy atom. The number of alkyl halides is 3. The molecule has 1 saturated heterocycles. The Labute approximate surface area is 126 Å². The van der Waals surface area contributed by atoms with Gasteiger partial charge in [-0.3, -0.25) is 0 Å². The van der Waals surface area contributed by atoms with E-state index in [1.54, 1.807) is 0 Å². The summed E-state index contributed by atoms with van der Waals surface area (Å²) in [6.45, 7) is 8.14. The SMILES string of the molecule is C=C.FC(F)(F)C1(c2nnc(CCCC3CNC3)s2)CC1. The standard InChI is InChI=1S/C12H16F3N3S.C2H4/c13-12(14,15)11(4-5-11)10-18-17-9(19-10)3-1-2-8-6-16-7-8;1-2/h8,16H,1-7H2;1-2H2. The van der Waals surface area contributed by atoms with E-state index < -0.39 is 11.6 Å². The van der Waals surface area contributed by atoms with Crippen LogP contribution >= 0.6 is 11.3 Å². The van der Waals surface area contributed by atoms with Crippen LogP contribution in [0.5, 0.6) is 0 Å². The van der Waals surface area contributed by atoms with Crippen LogP contribution in [0, 0.1) is 5.92 Å². The van der Waals surface area contributed by atoms with Crippen molar-refractivity contribution in [1.82, 2.24) is 15.5 Å². The molecule has 0 spiro atoms. The van der Waals surface area contributed by atoms with Crippen molar-refractivity contribution in [1.29, 1.82) is 0 Å². The number of aryl methyl sites for hydroxylation is 1. The molecule has 1 saturated carbocycles. The van der Waals surface area contributed by atoms with Gasteiger partial charge in [-0.15, -0.1) is 34.7 Å². The van der Waals surface area contributed by atoms with E-state index in [1.165, 1.54) is 0 Å². The highest BCUT2D eigenvalue weighted by Gasteiger charge is 2.66. The molecule has 1 N–H and O–H groups in total. The quantitative estimate of drug-likeness (QED) is 0.845. The van der Waals surface area contributed by atoms with Gasteiger partial charge in [0, 0.05) is 6.42 Å². The van der Waals surface area contributed by atoms with E-state index in [4.69, 9.17) is 0 Å². The molecule has 118 valence electrons. The molecule has 3 rings (SSSR count). The van der Waals surface area contributed by atoms with Gasteiger partial charge in [-0.25, -0.2) is 0 Å². The molecule has 2 aliphatic rings. The van der Waals surface area contributed by atoms with Gasteiger partial charge in [-0.05, 0) is 44.7 Å². The third kappa shape index (κ3) is 3.45. The van der Waals surface area contributed by atoms with Gasteiger partial charge in [0.2, 0.25) is 0 Å². The first-order chi connectivity index (χ1) is 10.0. The zero-order valence-corrected chi connectivity index (χ0v) is 12.7. The molecule has 1 aromatic heterocycles. The van der Waals surface area contributed by atoms with Crippen molar-refractivity contribution in [3.05, 3.63) is 23.2 Å². The average Bonchev–Trinajstić information content (AvgIpc) is 3.10. The molecule has 1 aromatic rings. The van der Waals surface area contributed by atoms with Gasteiger partial charge in [0.15, 0.2) is 0 Å². The van der Waals surface area contributed by atoms with Crippen LogP contribution < -0.4 is 5.32 Å². The molecule has 0 aromatic carbocycles. The highest BCUT2D eigenvalue weighted by atomic mass is 32.1. The van der Waals surface area contributed by atoms with E-state index in [0.29, 0.717) is 0 Å². The second-order valence-corrected chi connectivity index (χ2v) is 6.56. The lowest BCUT2D eigenvalue weighted by Gasteiger charge is -2.26. The van der Waals surface area contributed by atoms with Crippen LogP contribution in [0.3, 0.4) is 0 Å². The minimum Gasteiger partial charge on any atom is -0.316 e. The molecule has 1 aliphatic carbocycles. The first-order valence-electron chi connectivity index (χ1n) is 7.11. The molecule has 3 nitrogen and oxygen atoms in total. The second-order valence-electron chi connectivity index (χ2n) is 5.50. The third-order valence-electron chi connectivity index (χ3n) is 4.04. The Balaban J connectivity index is 0.000000774. The Kier molecular flexibility index (Phi) is 5.03. The summed E-state index contributed by atoms with van der Waals surface area (Å²) in [4.78, 5) is 0. The lowest BCUT2D eigenvalue weighted by atomic mass is 9.97. The lowest BCUT2D eigenvalue weighted by Crippen LogP contribution is -2.41. The number of hydrogen-bond donors (Lipinski definition) is 1. The molecule has 2 fully saturated rings. The zero-order chi connectivity index (χ0) is 15.5. The fraction of sp³-hybridized carbons (Fsp3) is 0.714. The van der Waals surface area contributed by atoms with Crippen LogP contribution in [-0.4, -0.2) is 29.5 Å². The highest BCUT2D eigenvalue weighted by Crippen LogP contribution is 2.59. The number of hydrogen-bond acceptors (Lipinski definition) is 4. The maximum absolute atomic E-state index is 12.9. The topological polar surface area (TPSA) is 37.8 Å². The molecule has 0 radical (unpaired) electrons. The molecule has 2 heterocycles. The minimum absolute atomic E-state index is 0.166. The summed E-state index contributed by atoms with van der Waals surface area (Å²) >= 11 is 1.15. The summed E-state index contributed by atoms with van der Waals surface area (Å²) in [6, 6.07) is 0. The van der Waals surface area contributed by atoms with Crippen LogP contribution in [0.1, 0.15) is 35.7 Å². The summed E-state index contributed by atoms with van der Waals surface area (Å²) < 4.78 is 38.8. The molecular weight excluding hydrogens is 299 g/mol. The van der Waals surface area contributed by atoms with Gasteiger partial charge in [-0.2, -0.15) is 13.2 Å². The lowest BCUT2D eigenvalue weighted by molar-refractivity contribution is -0.160. The predicted octanol–water partition coefficient (Wildman–Crippen LogP) is 3.48. The first-order valence-corrected chi connectivity index (χ1v) is 7.93. The molecular formula is C14H20F3N3S. The summed E-state index contributed by atoms with van der Waals surface area (Å²) in [6.07, 6.45) is -0.992. The van der Waals surface area contributed by atoms with Crippen LogP contribution in [-0.2, 0) is 11.8 Å². The van der Waals surface area contributed by atoms with Crippen LogP contribution in [0.25, 0.3) is 0 Å². The summed E-state index contributed by atoms with van der Waals surface area (Å²) in [5, 5.41) is 11.8. The monoisotopic (exact) mass is 319 g/mol. The van der Waals surface area contributed by atoms with Crippen molar-refractivity contribution < 1.29 is 13.2 Å². The van der Waals surface area contributed by atoms with Crippen LogP contribution in [0.15, 0.2) is 13.2 Å². The Bertz CT molecular complexity index is 464. The van der Waals surface area contributed by atoms with Crippen molar-refractivity contribution in [3.63, 3.8) is 0 Å². The smallest absolute Gasteiger partial charge is 0.316 e. The van der Waals surface area contributed by atoms with Crippen LogP contribution in [0.2, 0.25) is 0 Å². The molecule has 0 unspecified atom stereocenters. The molecule has 7 heteroatoms. The first kappa shape index (κ1) is 16.4. The minimum atomic E-state index is -4.18. The predicted molar refractivity (Wildman–Crippen MR) is 77.4 cm³/mol. The number of nitrogens with one attached hydrogen (secondary N) is 1. The highest BCUT2D eigenvalue weighted by molar-refractivity contribution is 7.11. The van der Waals surface area contributed by atoms with E-state index >= 15 is 0 Å². The second kappa shape index (κ2) is 6.44. The van der Waals surface area contributed by atoms with E-state index in [9.17, 15) is 13.2 Å². The van der Waals surface area contributed by atoms with E-state index in [2.05, 4.69) is 28.7 Å². The van der Waals surface area contributed by atoms with Gasteiger partial charge in [0.05, 0.1) is 0 Å². The third-order valence-corrected chi connectivity index (χ3v) is 5.23. The largest absolute Gasteiger partial charge is 0.400 e. The van der Waals surface area contributed by atoms with E-state index in [1.807, 2.05) is 0 Å². The molecule has 0 bridgehead atoms. The number of nitrogens with zero attached hydrogens (tertiary/aromatic N) is 2. The zero-order valence-electron chi connectivity index (χ0n) is 11.9. The fourth-order valence-corrected chi connectivity index (χ4v) is 3.53. The van der Waals surface area contributed by atoms with Crippen molar-refractivity contribution in [3.8, 4) is 0 Å². The summed E-state index contributed by atoms with van der Waals surface area (Å²) in [5.41, 5.74) is -1.67. The van der Waals surface area contributed by atoms with Gasteiger partial charge in [0.1, 0.15) is 15.4 Å². The van der Waals surface area contributed by atoms with Crippen molar-refractivity contribution in [2.45, 2.75) is 43.7 Å². The van der Waals surface area contributed by atoms with E-state index in [0.717, 1.165) is 54.6 Å². The summed E-state index contributed by atoms with van der Waals surface area (Å²) in [7, 11) is 0. The maximum Gasteiger partial charge on any atom is 0.400 e. The molecule has 0 amide bonds. The van der Waals surface area contributed by atoms with Crippen LogP contribution in [0.4, 0.5) is 13.2 Å². The van der Waals surface area contributed by atoms with Crippen molar-refractivity contribution in [2.75, 3.05) is 13.1 Å². The summed E-state index contributed by atoms with van der Waals surface area (Å²) in [5.74, 6) is 0.734. The Morgan fingerprint density at radius 1 is 1.24 bits per heavy atom. The van der Waals surface area contributed by atoms with Crippen molar-refractivity contribution in [2.24, 2.45) is 5.92 Å².